The Hall–Kier alpha value is 0.0200. The van der Waals surface area contributed by atoms with E-state index in [9.17, 15) is 0 Å². The molecule has 1 aliphatic heterocycles. The fraction of sp³-hybridized carbons (Fsp3) is 0. The van der Waals surface area contributed by atoms with Gasteiger partial charge in [0.05, 0.1) is 6.20 Å². The van der Waals surface area contributed by atoms with Crippen LogP contribution in [0.25, 0.3) is 0 Å². The van der Waals surface area contributed by atoms with Crippen molar-refractivity contribution in [3.63, 3.8) is 0 Å². The van der Waals surface area contributed by atoms with E-state index < -0.39 is 0 Å². The number of nitrogens with one attached hydrogen (secondary N) is 1. The minimum absolute atomic E-state index is 1.59. The Morgan fingerprint density at radius 3 is 2.83 bits per heavy atom. The first-order valence-electron chi connectivity index (χ1n) is 1.47. The molecule has 0 saturated heterocycles. The summed E-state index contributed by atoms with van der Waals surface area (Å²) in [6.45, 7) is 0. The van der Waals surface area contributed by atoms with Crippen molar-refractivity contribution < 1.29 is 0 Å². The molecule has 32 valence electrons. The van der Waals surface area contributed by atoms with Crippen molar-refractivity contribution in [1.29, 1.82) is 0 Å². The highest BCUT2D eigenvalue weighted by Gasteiger charge is 1.79. The minimum atomic E-state index is 1.59. The minimum Gasteiger partial charge on any atom is -0.320 e. The fourth-order valence-corrected chi connectivity index (χ4v) is 1.14. The lowest BCUT2D eigenvalue weighted by Crippen LogP contribution is -1.85. The van der Waals surface area contributed by atoms with Crippen molar-refractivity contribution in [2.45, 2.75) is 0 Å². The molecule has 1 aliphatic rings. The maximum absolute atomic E-state index is 2.90. The summed E-state index contributed by atoms with van der Waals surface area (Å²) >= 11 is 0. The van der Waals surface area contributed by atoms with Crippen LogP contribution in [-0.2, 0) is 0 Å². The van der Waals surface area contributed by atoms with E-state index >= 15 is 0 Å². The molecule has 0 spiro atoms. The first kappa shape index (κ1) is 4.19. The third kappa shape index (κ3) is 1.01. The summed E-state index contributed by atoms with van der Waals surface area (Å²) in [5, 5.41) is 1.90. The summed E-state index contributed by atoms with van der Waals surface area (Å²) < 4.78 is 2.90. The van der Waals surface area contributed by atoms with E-state index in [1.54, 1.807) is 28.0 Å². The molecule has 1 rings (SSSR count). The van der Waals surface area contributed by atoms with E-state index in [1.165, 1.54) is 0 Å². The second-order valence-electron chi connectivity index (χ2n) is 0.726. The van der Waals surface area contributed by atoms with Gasteiger partial charge in [0.2, 0.25) is 0 Å². The Labute approximate surface area is 44.4 Å². The van der Waals surface area contributed by atoms with E-state index in [2.05, 4.69) is 10.5 Å². The van der Waals surface area contributed by atoms with Crippen molar-refractivity contribution in [2.75, 3.05) is 0 Å². The Bertz CT molecular complexity index is 85.0. The molecule has 0 atom stereocenters. The summed E-state index contributed by atoms with van der Waals surface area (Å²) in [7, 11) is 3.22. The molecule has 0 bridgehead atoms. The summed E-state index contributed by atoms with van der Waals surface area (Å²) in [5.41, 5.74) is 2.87. The van der Waals surface area contributed by atoms with E-state index in [4.69, 9.17) is 0 Å². The third-order valence-corrected chi connectivity index (χ3v) is 1.76. The van der Waals surface area contributed by atoms with Gasteiger partial charge < -0.3 is 4.72 Å². The zero-order valence-electron chi connectivity index (χ0n) is 2.97. The van der Waals surface area contributed by atoms with Crippen LogP contribution in [-0.4, -0.2) is 0 Å². The molecule has 0 unspecified atom stereocenters. The van der Waals surface area contributed by atoms with E-state index in [-0.39, 0.29) is 0 Å². The second kappa shape index (κ2) is 2.24. The second-order valence-corrected chi connectivity index (χ2v) is 2.63. The topological polar surface area (TPSA) is 12.0 Å². The molecule has 0 saturated carbocycles. The van der Waals surface area contributed by atoms with Gasteiger partial charge in [-0.05, 0) is 10.8 Å². The predicted molar refractivity (Wildman–Crippen MR) is 31.0 cm³/mol. The number of rotatable bonds is 0. The van der Waals surface area contributed by atoms with Gasteiger partial charge in [0.1, 0.15) is 0 Å². The summed E-state index contributed by atoms with van der Waals surface area (Å²) in [4.78, 5) is 0. The Morgan fingerprint density at radius 1 is 1.67 bits per heavy atom. The van der Waals surface area contributed by atoms with Crippen molar-refractivity contribution in [1.82, 2.24) is 4.72 Å². The van der Waals surface area contributed by atoms with Crippen LogP contribution in [0.5, 0.6) is 0 Å². The quantitative estimate of drug-likeness (QED) is 0.293. The lowest BCUT2D eigenvalue weighted by Gasteiger charge is -1.92. The standard InChI is InChI=1S/C3H3NS2/c1-2-4-6-5-3-1/h2-4H. The van der Waals surface area contributed by atoms with Crippen LogP contribution in [0.4, 0.5) is 0 Å². The molecule has 0 aliphatic carbocycles. The zero-order chi connectivity index (χ0) is 4.24. The summed E-state index contributed by atoms with van der Waals surface area (Å²) in [5.74, 6) is 0. The van der Waals surface area contributed by atoms with Crippen LogP contribution in [0, 0.1) is 0 Å². The molecule has 1 N–H and O–H groups in total. The first-order chi connectivity index (χ1) is 3.00. The van der Waals surface area contributed by atoms with Crippen LogP contribution in [0.3, 0.4) is 0 Å². The van der Waals surface area contributed by atoms with Gasteiger partial charge in [-0.2, -0.15) is 0 Å². The molecule has 6 heavy (non-hydrogen) atoms. The molecular weight excluding hydrogens is 114 g/mol. The van der Waals surface area contributed by atoms with Crippen molar-refractivity contribution in [3.8, 4) is 0 Å². The smallest absolute Gasteiger partial charge is 0.0510 e. The molecule has 1 nitrogen and oxygen atoms in total. The molecule has 0 amide bonds. The Balaban J connectivity index is 2.53. The van der Waals surface area contributed by atoms with Crippen molar-refractivity contribution in [3.05, 3.63) is 17.3 Å². The summed E-state index contributed by atoms with van der Waals surface area (Å²) in [6.07, 6.45) is 1.78. The normalized spacial score (nSPS) is 17.3. The largest absolute Gasteiger partial charge is 0.320 e. The van der Waals surface area contributed by atoms with Gasteiger partial charge in [-0.1, -0.05) is 5.73 Å². The van der Waals surface area contributed by atoms with Crippen molar-refractivity contribution >= 4 is 21.8 Å². The van der Waals surface area contributed by atoms with Gasteiger partial charge >= 0.3 is 0 Å². The Morgan fingerprint density at radius 2 is 2.67 bits per heavy atom. The molecule has 3 heteroatoms. The molecular formula is C3H3NS2. The molecule has 0 fully saturated rings. The van der Waals surface area contributed by atoms with E-state index in [1.807, 2.05) is 5.41 Å². The van der Waals surface area contributed by atoms with Crippen LogP contribution in [0.2, 0.25) is 0 Å². The molecule has 1 heterocycles. The molecule has 0 aromatic rings. The predicted octanol–water partition coefficient (Wildman–Crippen LogP) is 1.51. The van der Waals surface area contributed by atoms with Gasteiger partial charge in [-0.3, -0.25) is 0 Å². The lowest BCUT2D eigenvalue weighted by molar-refractivity contribution is 1.44. The lowest BCUT2D eigenvalue weighted by atomic mass is 10.9. The first-order valence-corrected chi connectivity index (χ1v) is 3.69. The van der Waals surface area contributed by atoms with Crippen LogP contribution in [0.15, 0.2) is 17.3 Å². The fourth-order valence-electron chi connectivity index (χ4n) is 0.172. The maximum Gasteiger partial charge on any atom is 0.0510 e. The highest BCUT2D eigenvalue weighted by atomic mass is 33.1. The highest BCUT2D eigenvalue weighted by molar-refractivity contribution is 8.77. The number of hydrogen-bond donors (Lipinski definition) is 1. The zero-order valence-corrected chi connectivity index (χ0v) is 4.60. The van der Waals surface area contributed by atoms with Crippen LogP contribution >= 0.6 is 21.8 Å². The van der Waals surface area contributed by atoms with E-state index in [0.29, 0.717) is 0 Å². The van der Waals surface area contributed by atoms with Crippen LogP contribution < -0.4 is 4.72 Å². The van der Waals surface area contributed by atoms with E-state index in [0.717, 1.165) is 0 Å². The van der Waals surface area contributed by atoms with Gasteiger partial charge in [0, 0.05) is 16.4 Å². The number of hydrogen-bond acceptors (Lipinski definition) is 3. The monoisotopic (exact) mass is 117 g/mol. The van der Waals surface area contributed by atoms with Gasteiger partial charge in [0.25, 0.3) is 0 Å². The highest BCUT2D eigenvalue weighted by Crippen LogP contribution is 2.19. The van der Waals surface area contributed by atoms with Gasteiger partial charge in [-0.15, -0.1) is 0 Å². The SMILES string of the molecule is C1=CNSSC=1. The molecule has 0 radical (unpaired) electrons. The van der Waals surface area contributed by atoms with Gasteiger partial charge in [0.15, 0.2) is 0 Å². The maximum atomic E-state index is 2.90. The molecule has 0 aromatic heterocycles. The molecule has 0 aromatic carbocycles. The van der Waals surface area contributed by atoms with Crippen LogP contribution in [0.1, 0.15) is 0 Å². The Kier molecular flexibility index (Phi) is 1.56. The average Bonchev–Trinajstić information content (AvgIpc) is 1.72. The third-order valence-electron chi connectivity index (χ3n) is 0.355. The van der Waals surface area contributed by atoms with Crippen molar-refractivity contribution in [2.24, 2.45) is 0 Å². The summed E-state index contributed by atoms with van der Waals surface area (Å²) in [6, 6.07) is 0. The average molecular weight is 117 g/mol. The van der Waals surface area contributed by atoms with Gasteiger partial charge in [-0.25, -0.2) is 0 Å².